The monoisotopic (exact) mass is 808 g/mol. The SMILES string of the molecule is CCc1cc(C#Cc2ccc(OC)cc2CCS(=O)(=O)O)cc(C(=O)OC)n1.COC(=O)c1cc(C#Cc2ccc(OC)cc2CCS(=O)(=O)O)cc(CO)n1. The van der Waals surface area contributed by atoms with Crippen LogP contribution >= 0.6 is 0 Å². The average Bonchev–Trinajstić information content (AvgIpc) is 3.19. The number of benzene rings is 2. The van der Waals surface area contributed by atoms with Crippen molar-refractivity contribution in [1.29, 1.82) is 0 Å². The van der Waals surface area contributed by atoms with Crippen LogP contribution in [0, 0.1) is 23.7 Å². The maximum absolute atomic E-state index is 11.8. The summed E-state index contributed by atoms with van der Waals surface area (Å²) in [4.78, 5) is 31.7. The largest absolute Gasteiger partial charge is 0.497 e. The minimum atomic E-state index is -4.13. The number of ether oxygens (including phenoxy) is 4. The molecule has 0 bridgehead atoms. The normalized spacial score (nSPS) is 10.7. The third-order valence-corrected chi connectivity index (χ3v) is 9.08. The van der Waals surface area contributed by atoms with Crippen LogP contribution < -0.4 is 9.47 Å². The molecule has 0 aliphatic rings. The van der Waals surface area contributed by atoms with Crippen LogP contribution in [0.1, 0.15) is 72.7 Å². The van der Waals surface area contributed by atoms with E-state index in [4.69, 9.17) is 23.3 Å². The van der Waals surface area contributed by atoms with Crippen molar-refractivity contribution in [2.24, 2.45) is 0 Å². The van der Waals surface area contributed by atoms with Crippen LogP contribution in [0.4, 0.5) is 0 Å². The van der Waals surface area contributed by atoms with Gasteiger partial charge in [-0.2, -0.15) is 16.8 Å². The summed E-state index contributed by atoms with van der Waals surface area (Å²) < 4.78 is 82.0. The fourth-order valence-corrected chi connectivity index (χ4v) is 5.76. The van der Waals surface area contributed by atoms with Crippen molar-refractivity contribution >= 4 is 32.2 Å². The predicted molar refractivity (Wildman–Crippen MR) is 205 cm³/mol. The van der Waals surface area contributed by atoms with E-state index in [1.54, 1.807) is 48.5 Å². The summed E-state index contributed by atoms with van der Waals surface area (Å²) in [6.07, 6.45) is 0.761. The fraction of sp³-hybridized carbons (Fsp3) is 0.282. The van der Waals surface area contributed by atoms with Crippen molar-refractivity contribution in [3.8, 4) is 35.2 Å². The zero-order valence-electron chi connectivity index (χ0n) is 31.2. The molecule has 4 rings (SSSR count). The lowest BCUT2D eigenvalue weighted by atomic mass is 10.0. The highest BCUT2D eigenvalue weighted by atomic mass is 32.2. The number of aryl methyl sites for hydroxylation is 3. The van der Waals surface area contributed by atoms with Crippen LogP contribution in [-0.2, 0) is 55.6 Å². The molecule has 17 heteroatoms. The van der Waals surface area contributed by atoms with E-state index >= 15 is 0 Å². The molecule has 2 heterocycles. The van der Waals surface area contributed by atoms with Crippen molar-refractivity contribution in [3.63, 3.8) is 0 Å². The van der Waals surface area contributed by atoms with E-state index in [0.717, 1.165) is 0 Å². The first-order chi connectivity index (χ1) is 26.5. The van der Waals surface area contributed by atoms with Crippen LogP contribution in [0.2, 0.25) is 0 Å². The molecule has 0 saturated carbocycles. The Hall–Kier alpha value is -5.82. The summed E-state index contributed by atoms with van der Waals surface area (Å²) in [7, 11) is -2.74. The van der Waals surface area contributed by atoms with E-state index in [-0.39, 0.29) is 36.5 Å². The molecule has 296 valence electrons. The summed E-state index contributed by atoms with van der Waals surface area (Å²) in [5, 5.41) is 9.32. The first-order valence-electron chi connectivity index (χ1n) is 16.6. The third kappa shape index (κ3) is 14.4. The van der Waals surface area contributed by atoms with Gasteiger partial charge in [-0.1, -0.05) is 30.6 Å². The van der Waals surface area contributed by atoms with Gasteiger partial charge in [0, 0.05) is 27.9 Å². The van der Waals surface area contributed by atoms with Crippen molar-refractivity contribution in [3.05, 3.63) is 117 Å². The van der Waals surface area contributed by atoms with E-state index in [0.29, 0.717) is 57.0 Å². The molecule has 4 aromatic rings. The Morgan fingerprint density at radius 3 is 1.39 bits per heavy atom. The minimum Gasteiger partial charge on any atom is -0.497 e. The van der Waals surface area contributed by atoms with Crippen LogP contribution in [-0.4, -0.2) is 92.9 Å². The van der Waals surface area contributed by atoms with Crippen LogP contribution in [0.3, 0.4) is 0 Å². The first kappa shape index (κ1) is 44.6. The maximum Gasteiger partial charge on any atom is 0.356 e. The van der Waals surface area contributed by atoms with Gasteiger partial charge in [0.15, 0.2) is 0 Å². The molecule has 0 fully saturated rings. The molecule has 2 aromatic heterocycles. The fourth-order valence-electron chi connectivity index (χ4n) is 4.81. The number of hydrogen-bond acceptors (Lipinski definition) is 13. The number of aromatic nitrogens is 2. The number of pyridine rings is 2. The number of esters is 2. The third-order valence-electron chi connectivity index (χ3n) is 7.64. The van der Waals surface area contributed by atoms with Gasteiger partial charge in [-0.15, -0.1) is 0 Å². The molecular weight excluding hydrogens is 769 g/mol. The summed E-state index contributed by atoms with van der Waals surface area (Å²) in [5.74, 6) is 10.8. The van der Waals surface area contributed by atoms with Crippen LogP contribution in [0.5, 0.6) is 11.5 Å². The zero-order valence-corrected chi connectivity index (χ0v) is 32.8. The highest BCUT2D eigenvalue weighted by Crippen LogP contribution is 2.20. The average molecular weight is 809 g/mol. The summed E-state index contributed by atoms with van der Waals surface area (Å²) >= 11 is 0. The molecule has 0 aliphatic heterocycles. The summed E-state index contributed by atoms with van der Waals surface area (Å²) in [5.41, 5.74) is 4.50. The van der Waals surface area contributed by atoms with Crippen molar-refractivity contribution in [2.75, 3.05) is 39.9 Å². The Morgan fingerprint density at radius 2 is 1.04 bits per heavy atom. The number of rotatable bonds is 12. The number of hydrogen-bond donors (Lipinski definition) is 3. The molecule has 0 spiro atoms. The van der Waals surface area contributed by atoms with E-state index in [1.165, 1.54) is 40.6 Å². The molecule has 15 nitrogen and oxygen atoms in total. The van der Waals surface area contributed by atoms with Gasteiger partial charge in [-0.05, 0) is 91.1 Å². The molecular formula is C39H40N2O13S2. The Kier molecular flexibility index (Phi) is 16.5. The van der Waals surface area contributed by atoms with Gasteiger partial charge in [0.25, 0.3) is 20.2 Å². The number of aliphatic hydroxyl groups is 1. The zero-order chi connectivity index (χ0) is 41.5. The summed E-state index contributed by atoms with van der Waals surface area (Å²) in [6.45, 7) is 1.54. The molecule has 0 unspecified atom stereocenters. The lowest BCUT2D eigenvalue weighted by Crippen LogP contribution is -2.08. The Balaban J connectivity index is 0.000000300. The molecule has 0 amide bonds. The van der Waals surface area contributed by atoms with Gasteiger partial charge in [0.05, 0.1) is 52.2 Å². The topological polar surface area (TPSA) is 226 Å². The minimum absolute atomic E-state index is 0.0136. The molecule has 0 radical (unpaired) electrons. The standard InChI is InChI=1S/C20H21NO6S.C19H19NO7S/c1-4-17-11-14(12-19(21-17)20(22)27-3)5-6-15-7-8-18(26-2)13-16(15)9-10-28(23,24)25;1-26-17-6-5-14(15(11-17)7-8-28(23,24)25)4-3-13-9-16(12-21)20-18(10-13)19(22)27-2/h7-8,11-13H,4,9-10H2,1-3H3,(H,23,24,25);5-6,9-11,21H,7-8,12H2,1-2H3,(H,23,24,25). The number of carbonyl (C=O) groups excluding carboxylic acids is 2. The quantitative estimate of drug-likeness (QED) is 0.106. The lowest BCUT2D eigenvalue weighted by molar-refractivity contribution is 0.0585. The Labute approximate surface area is 325 Å². The lowest BCUT2D eigenvalue weighted by Gasteiger charge is -2.07. The van der Waals surface area contributed by atoms with Gasteiger partial charge >= 0.3 is 11.9 Å². The molecule has 2 aromatic carbocycles. The highest BCUT2D eigenvalue weighted by molar-refractivity contribution is 7.86. The second-order valence-electron chi connectivity index (χ2n) is 11.6. The molecule has 56 heavy (non-hydrogen) atoms. The van der Waals surface area contributed by atoms with Crippen LogP contribution in [0.25, 0.3) is 0 Å². The molecule has 0 saturated heterocycles. The smallest absolute Gasteiger partial charge is 0.356 e. The van der Waals surface area contributed by atoms with Gasteiger partial charge in [-0.3, -0.25) is 9.11 Å². The summed E-state index contributed by atoms with van der Waals surface area (Å²) in [6, 6.07) is 16.4. The second-order valence-corrected chi connectivity index (χ2v) is 14.7. The van der Waals surface area contributed by atoms with Crippen molar-refractivity contribution < 1.29 is 59.6 Å². The maximum atomic E-state index is 11.8. The van der Waals surface area contributed by atoms with E-state index in [1.807, 2.05) is 6.92 Å². The second kappa shape index (κ2) is 20.7. The number of carbonyl (C=O) groups is 2. The van der Waals surface area contributed by atoms with Gasteiger partial charge in [0.2, 0.25) is 0 Å². The Morgan fingerprint density at radius 1 is 0.625 bits per heavy atom. The van der Waals surface area contributed by atoms with Gasteiger partial charge in [0.1, 0.15) is 22.9 Å². The number of methoxy groups -OCH3 is 4. The molecule has 0 atom stereocenters. The highest BCUT2D eigenvalue weighted by Gasteiger charge is 2.13. The number of nitrogens with zero attached hydrogens (tertiary/aromatic N) is 2. The van der Waals surface area contributed by atoms with Gasteiger partial charge < -0.3 is 24.1 Å². The van der Waals surface area contributed by atoms with E-state index in [9.17, 15) is 31.5 Å². The number of aliphatic hydroxyl groups excluding tert-OH is 1. The van der Waals surface area contributed by atoms with E-state index in [2.05, 4.69) is 38.4 Å². The molecule has 3 N–H and O–H groups in total. The van der Waals surface area contributed by atoms with Crippen LogP contribution in [0.15, 0.2) is 60.7 Å². The predicted octanol–water partition coefficient (Wildman–Crippen LogP) is 3.47. The van der Waals surface area contributed by atoms with Crippen molar-refractivity contribution in [1.82, 2.24) is 9.97 Å². The van der Waals surface area contributed by atoms with Gasteiger partial charge in [-0.25, -0.2) is 19.6 Å². The first-order valence-corrected chi connectivity index (χ1v) is 19.8. The Bertz CT molecular complexity index is 2240. The molecule has 0 aliphatic carbocycles. The van der Waals surface area contributed by atoms with E-state index < -0.39 is 43.7 Å². The van der Waals surface area contributed by atoms with Crippen molar-refractivity contribution in [2.45, 2.75) is 32.8 Å².